The predicted octanol–water partition coefficient (Wildman–Crippen LogP) is 3.15. The lowest BCUT2D eigenvalue weighted by molar-refractivity contribution is -0.0918. The second-order valence-corrected chi connectivity index (χ2v) is 3.43. The molecule has 0 aliphatic rings. The van der Waals surface area contributed by atoms with Crippen LogP contribution in [0.4, 0.5) is 17.6 Å². The van der Waals surface area contributed by atoms with E-state index in [1.165, 1.54) is 18.2 Å². The van der Waals surface area contributed by atoms with Gasteiger partial charge in [-0.05, 0) is 13.0 Å². The molecule has 0 saturated carbocycles. The van der Waals surface area contributed by atoms with Gasteiger partial charge in [0.1, 0.15) is 11.5 Å². The maximum Gasteiger partial charge on any atom is 0.431 e. The van der Waals surface area contributed by atoms with Gasteiger partial charge >= 0.3 is 6.18 Å². The van der Waals surface area contributed by atoms with E-state index in [2.05, 4.69) is 4.99 Å². The largest absolute Gasteiger partial charge is 0.431 e. The number of aliphatic imine (C=N–C) groups is 1. The molecule has 0 aromatic heterocycles. The Kier molecular flexibility index (Phi) is 4.47. The Morgan fingerprint density at radius 3 is 2.44 bits per heavy atom. The summed E-state index contributed by atoms with van der Waals surface area (Å²) in [5, 5.41) is 0. The minimum atomic E-state index is -4.72. The standard InChI is InChI=1S/C12H12F4N2/c1-2-18-7-9(11(17)12(14,15)16)8-5-3-4-6-10(8)13/h3-7H,2,17H2,1H3/b11-9+,18-7?. The predicted molar refractivity (Wildman–Crippen MR) is 62.6 cm³/mol. The molecule has 0 saturated heterocycles. The molecule has 0 bridgehead atoms. The Morgan fingerprint density at radius 2 is 1.94 bits per heavy atom. The van der Waals surface area contributed by atoms with Crippen molar-refractivity contribution in [2.45, 2.75) is 13.1 Å². The molecule has 0 amide bonds. The van der Waals surface area contributed by atoms with E-state index in [1.54, 1.807) is 6.92 Å². The number of halogens is 4. The van der Waals surface area contributed by atoms with Gasteiger partial charge in [0.25, 0.3) is 0 Å². The van der Waals surface area contributed by atoms with E-state index in [1.807, 2.05) is 0 Å². The molecular formula is C12H12F4N2. The zero-order chi connectivity index (χ0) is 13.8. The summed E-state index contributed by atoms with van der Waals surface area (Å²) in [4.78, 5) is 3.69. The zero-order valence-corrected chi connectivity index (χ0v) is 9.63. The molecule has 2 nitrogen and oxygen atoms in total. The molecule has 98 valence electrons. The molecule has 0 atom stereocenters. The van der Waals surface area contributed by atoms with Gasteiger partial charge in [-0.2, -0.15) is 13.2 Å². The summed E-state index contributed by atoms with van der Waals surface area (Å²) in [6, 6.07) is 5.11. The molecule has 0 aliphatic heterocycles. The van der Waals surface area contributed by atoms with Crippen LogP contribution in [0, 0.1) is 5.82 Å². The number of alkyl halides is 3. The van der Waals surface area contributed by atoms with E-state index in [4.69, 9.17) is 5.73 Å². The summed E-state index contributed by atoms with van der Waals surface area (Å²) in [7, 11) is 0. The topological polar surface area (TPSA) is 38.4 Å². The quantitative estimate of drug-likeness (QED) is 0.658. The Labute approximate surface area is 102 Å². The number of hydrogen-bond acceptors (Lipinski definition) is 2. The molecular weight excluding hydrogens is 248 g/mol. The molecule has 1 aromatic carbocycles. The number of rotatable bonds is 3. The molecule has 0 aliphatic carbocycles. The van der Waals surface area contributed by atoms with E-state index in [0.29, 0.717) is 0 Å². The Morgan fingerprint density at radius 1 is 1.33 bits per heavy atom. The van der Waals surface area contributed by atoms with Gasteiger partial charge in [0.05, 0.1) is 0 Å². The summed E-state index contributed by atoms with van der Waals surface area (Å²) in [6.45, 7) is 1.93. The van der Waals surface area contributed by atoms with Crippen molar-refractivity contribution in [2.24, 2.45) is 10.7 Å². The molecule has 0 spiro atoms. The van der Waals surface area contributed by atoms with Crippen LogP contribution in [-0.4, -0.2) is 18.9 Å². The fraction of sp³-hybridized carbons (Fsp3) is 0.250. The van der Waals surface area contributed by atoms with E-state index < -0.39 is 23.3 Å². The van der Waals surface area contributed by atoms with Gasteiger partial charge in [-0.3, -0.25) is 4.99 Å². The molecule has 1 aromatic rings. The average Bonchev–Trinajstić information content (AvgIpc) is 2.30. The molecule has 1 rings (SSSR count). The monoisotopic (exact) mass is 260 g/mol. The van der Waals surface area contributed by atoms with Gasteiger partial charge in [-0.15, -0.1) is 0 Å². The fourth-order valence-electron chi connectivity index (χ4n) is 1.30. The Bertz CT molecular complexity index is 475. The molecule has 0 radical (unpaired) electrons. The molecule has 18 heavy (non-hydrogen) atoms. The van der Waals surface area contributed by atoms with Crippen LogP contribution in [0.3, 0.4) is 0 Å². The van der Waals surface area contributed by atoms with Crippen LogP contribution in [0.2, 0.25) is 0 Å². The summed E-state index contributed by atoms with van der Waals surface area (Å²) >= 11 is 0. The third kappa shape index (κ3) is 3.32. The van der Waals surface area contributed by atoms with Crippen LogP contribution >= 0.6 is 0 Å². The lowest BCUT2D eigenvalue weighted by Crippen LogP contribution is -2.22. The summed E-state index contributed by atoms with van der Waals surface area (Å²) in [6.07, 6.45) is -3.78. The smallest absolute Gasteiger partial charge is 0.394 e. The van der Waals surface area contributed by atoms with E-state index in [-0.39, 0.29) is 12.1 Å². The van der Waals surface area contributed by atoms with Gasteiger partial charge < -0.3 is 5.73 Å². The summed E-state index contributed by atoms with van der Waals surface area (Å²) in [5.74, 6) is -0.776. The SMILES string of the molecule is CCN=C/C(=C(\N)C(F)(F)F)c1ccccc1F. The molecule has 2 N–H and O–H groups in total. The highest BCUT2D eigenvalue weighted by atomic mass is 19.4. The first kappa shape index (κ1) is 14.2. The normalized spacial score (nSPS) is 13.8. The highest BCUT2D eigenvalue weighted by molar-refractivity contribution is 6.11. The van der Waals surface area contributed by atoms with Gasteiger partial charge in [0, 0.05) is 23.9 Å². The first-order valence-corrected chi connectivity index (χ1v) is 5.19. The van der Waals surface area contributed by atoms with Crippen molar-refractivity contribution in [3.05, 3.63) is 41.3 Å². The van der Waals surface area contributed by atoms with Gasteiger partial charge in [0.15, 0.2) is 0 Å². The molecule has 6 heteroatoms. The lowest BCUT2D eigenvalue weighted by atomic mass is 10.0. The van der Waals surface area contributed by atoms with E-state index in [9.17, 15) is 17.6 Å². The van der Waals surface area contributed by atoms with Crippen LogP contribution in [0.25, 0.3) is 5.57 Å². The second kappa shape index (κ2) is 5.66. The van der Waals surface area contributed by atoms with Crippen molar-refractivity contribution in [3.8, 4) is 0 Å². The lowest BCUT2D eigenvalue weighted by Gasteiger charge is -2.12. The first-order valence-electron chi connectivity index (χ1n) is 5.19. The molecule has 0 fully saturated rings. The van der Waals surface area contributed by atoms with Crippen molar-refractivity contribution in [3.63, 3.8) is 0 Å². The fourth-order valence-corrected chi connectivity index (χ4v) is 1.30. The number of hydrogen-bond donors (Lipinski definition) is 1. The number of allylic oxidation sites excluding steroid dienone is 2. The first-order chi connectivity index (χ1) is 8.38. The van der Waals surface area contributed by atoms with Crippen LogP contribution in [0.5, 0.6) is 0 Å². The number of nitrogens with zero attached hydrogens (tertiary/aromatic N) is 1. The second-order valence-electron chi connectivity index (χ2n) is 3.43. The van der Waals surface area contributed by atoms with Crippen molar-refractivity contribution in [2.75, 3.05) is 6.54 Å². The van der Waals surface area contributed by atoms with Crippen molar-refractivity contribution in [1.82, 2.24) is 0 Å². The van der Waals surface area contributed by atoms with Crippen LogP contribution in [0.1, 0.15) is 12.5 Å². The van der Waals surface area contributed by atoms with Crippen molar-refractivity contribution < 1.29 is 17.6 Å². The summed E-state index contributed by atoms with van der Waals surface area (Å²) < 4.78 is 51.2. The maximum atomic E-state index is 13.5. The van der Waals surface area contributed by atoms with Crippen LogP contribution < -0.4 is 5.73 Å². The third-order valence-corrected chi connectivity index (χ3v) is 2.16. The summed E-state index contributed by atoms with van der Waals surface area (Å²) in [5.41, 5.74) is 3.00. The highest BCUT2D eigenvalue weighted by Crippen LogP contribution is 2.29. The highest BCUT2D eigenvalue weighted by Gasteiger charge is 2.34. The van der Waals surface area contributed by atoms with E-state index >= 15 is 0 Å². The minimum absolute atomic E-state index is 0.218. The number of benzene rings is 1. The molecule has 0 heterocycles. The van der Waals surface area contributed by atoms with Crippen LogP contribution in [-0.2, 0) is 0 Å². The van der Waals surface area contributed by atoms with Gasteiger partial charge in [-0.1, -0.05) is 18.2 Å². The molecule has 0 unspecified atom stereocenters. The van der Waals surface area contributed by atoms with Crippen molar-refractivity contribution >= 4 is 11.8 Å². The van der Waals surface area contributed by atoms with Gasteiger partial charge in [-0.25, -0.2) is 4.39 Å². The van der Waals surface area contributed by atoms with Gasteiger partial charge in [0.2, 0.25) is 0 Å². The number of nitrogens with two attached hydrogens (primary N) is 1. The van der Waals surface area contributed by atoms with E-state index in [0.717, 1.165) is 12.3 Å². The van der Waals surface area contributed by atoms with Crippen LogP contribution in [0.15, 0.2) is 35.0 Å². The average molecular weight is 260 g/mol. The van der Waals surface area contributed by atoms with Crippen molar-refractivity contribution in [1.29, 1.82) is 0 Å². The zero-order valence-electron chi connectivity index (χ0n) is 9.63. The third-order valence-electron chi connectivity index (χ3n) is 2.16. The Hall–Kier alpha value is -1.85. The maximum absolute atomic E-state index is 13.5. The Balaban J connectivity index is 3.41. The minimum Gasteiger partial charge on any atom is -0.394 e.